The van der Waals surface area contributed by atoms with E-state index in [1.807, 2.05) is 0 Å². The van der Waals surface area contributed by atoms with Gasteiger partial charge in [-0.15, -0.1) is 0 Å². The van der Waals surface area contributed by atoms with Gasteiger partial charge in [0.05, 0.1) is 5.92 Å². The van der Waals surface area contributed by atoms with E-state index >= 15 is 0 Å². The molecule has 1 aliphatic rings. The lowest BCUT2D eigenvalue weighted by atomic mass is 10.1. The van der Waals surface area contributed by atoms with E-state index in [1.165, 1.54) is 0 Å². The molecule has 2 atom stereocenters. The van der Waals surface area contributed by atoms with Crippen LogP contribution in [0.1, 0.15) is 19.3 Å². The highest BCUT2D eigenvalue weighted by molar-refractivity contribution is 6.89. The van der Waals surface area contributed by atoms with Crippen LogP contribution in [0.5, 0.6) is 0 Å². The molecule has 0 amide bonds. The van der Waals surface area contributed by atoms with Crippen molar-refractivity contribution >= 4 is 22.4 Å². The predicted octanol–water partition coefficient (Wildman–Crippen LogP) is 3.21. The molecule has 1 rings (SSSR count). The smallest absolute Gasteiger partial charge is 0.306 e. The fourth-order valence-electron chi connectivity index (χ4n) is 3.52. The van der Waals surface area contributed by atoms with Crippen LogP contribution in [0.25, 0.3) is 0 Å². The first-order valence-electron chi connectivity index (χ1n) is 6.55. The summed E-state index contributed by atoms with van der Waals surface area (Å²) in [6, 6.07) is 0.523. The van der Waals surface area contributed by atoms with Crippen LogP contribution in [0.15, 0.2) is 0 Å². The molecular formula is C12H27NO2Si2. The highest BCUT2D eigenvalue weighted by Crippen LogP contribution is 2.35. The number of hydrogen-bond donors (Lipinski definition) is 1. The second kappa shape index (κ2) is 4.86. The highest BCUT2D eigenvalue weighted by atomic mass is 28.4. The molecule has 0 aliphatic heterocycles. The van der Waals surface area contributed by atoms with Gasteiger partial charge in [-0.05, 0) is 25.3 Å². The van der Waals surface area contributed by atoms with Crippen molar-refractivity contribution in [2.24, 2.45) is 5.92 Å². The van der Waals surface area contributed by atoms with Gasteiger partial charge < -0.3 is 9.34 Å². The zero-order chi connectivity index (χ0) is 13.4. The molecule has 5 heteroatoms. The number of rotatable bonds is 4. The topological polar surface area (TPSA) is 40.5 Å². The Morgan fingerprint density at radius 2 is 1.53 bits per heavy atom. The fourth-order valence-corrected chi connectivity index (χ4v) is 14.2. The highest BCUT2D eigenvalue weighted by Gasteiger charge is 2.43. The molecule has 0 aromatic carbocycles. The van der Waals surface area contributed by atoms with Crippen LogP contribution in [-0.2, 0) is 4.79 Å². The average Bonchev–Trinajstić information content (AvgIpc) is 2.46. The van der Waals surface area contributed by atoms with Crippen LogP contribution in [-0.4, -0.2) is 37.8 Å². The summed E-state index contributed by atoms with van der Waals surface area (Å²) in [6.45, 7) is 14.3. The Hall–Kier alpha value is -0.136. The van der Waals surface area contributed by atoms with Crippen LogP contribution >= 0.6 is 0 Å². The van der Waals surface area contributed by atoms with E-state index in [0.717, 1.165) is 19.3 Å². The third-order valence-electron chi connectivity index (χ3n) is 3.56. The maximum absolute atomic E-state index is 11.1. The van der Waals surface area contributed by atoms with Crippen LogP contribution in [0, 0.1) is 5.92 Å². The van der Waals surface area contributed by atoms with Crippen molar-refractivity contribution in [3.05, 3.63) is 0 Å². The molecule has 0 saturated heterocycles. The molecule has 0 bridgehead atoms. The zero-order valence-corrected chi connectivity index (χ0v) is 14.1. The van der Waals surface area contributed by atoms with Gasteiger partial charge in [-0.25, -0.2) is 0 Å². The van der Waals surface area contributed by atoms with E-state index in [4.69, 9.17) is 5.11 Å². The monoisotopic (exact) mass is 273 g/mol. The second-order valence-corrected chi connectivity index (χ2v) is 17.3. The normalized spacial score (nSPS) is 26.5. The maximum atomic E-state index is 11.1. The quantitative estimate of drug-likeness (QED) is 0.800. The number of nitrogens with zero attached hydrogens (tertiary/aromatic N) is 1. The van der Waals surface area contributed by atoms with Crippen molar-refractivity contribution in [1.29, 1.82) is 0 Å². The Labute approximate surface area is 107 Å². The molecule has 0 aromatic rings. The Morgan fingerprint density at radius 3 is 1.82 bits per heavy atom. The average molecular weight is 274 g/mol. The molecule has 3 nitrogen and oxygen atoms in total. The first-order chi connectivity index (χ1) is 7.53. The minimum absolute atomic E-state index is 0.102. The van der Waals surface area contributed by atoms with Gasteiger partial charge >= 0.3 is 5.97 Å². The van der Waals surface area contributed by atoms with Gasteiger partial charge in [0.2, 0.25) is 0 Å². The lowest BCUT2D eigenvalue weighted by Crippen LogP contribution is -2.62. The minimum Gasteiger partial charge on any atom is -0.481 e. The molecule has 17 heavy (non-hydrogen) atoms. The summed E-state index contributed by atoms with van der Waals surface area (Å²) in [7, 11) is -2.70. The van der Waals surface area contributed by atoms with Crippen LogP contribution in [0.3, 0.4) is 0 Å². The molecular weight excluding hydrogens is 246 g/mol. The molecule has 0 radical (unpaired) electrons. The lowest BCUT2D eigenvalue weighted by molar-refractivity contribution is -0.141. The van der Waals surface area contributed by atoms with Gasteiger partial charge in [0.15, 0.2) is 0 Å². The standard InChI is InChI=1S/C12H27NO2Si2/c1-16(2,3)13(17(4,5)6)11-8-7-10(9-11)12(14)15/h10-11H,7-9H2,1-6H3,(H,14,15). The van der Waals surface area contributed by atoms with E-state index in [9.17, 15) is 4.79 Å². The Balaban J connectivity index is 2.85. The molecule has 0 aromatic heterocycles. The SMILES string of the molecule is C[Si](C)(C)N(C1CCC(C(=O)O)C1)[Si](C)(C)C. The van der Waals surface area contributed by atoms with Crippen LogP contribution in [0.4, 0.5) is 0 Å². The number of hydrogen-bond acceptors (Lipinski definition) is 2. The third-order valence-corrected chi connectivity index (χ3v) is 11.2. The van der Waals surface area contributed by atoms with Gasteiger partial charge in [-0.1, -0.05) is 39.3 Å². The fraction of sp³-hybridized carbons (Fsp3) is 0.917. The number of carboxylic acid groups (broad SMARTS) is 1. The molecule has 2 unspecified atom stereocenters. The van der Waals surface area contributed by atoms with Gasteiger partial charge in [0, 0.05) is 0 Å². The summed E-state index contributed by atoms with van der Waals surface area (Å²) in [5.74, 6) is -0.700. The second-order valence-electron chi connectivity index (χ2n) is 7.21. The van der Waals surface area contributed by atoms with Crippen molar-refractivity contribution in [3.8, 4) is 0 Å². The van der Waals surface area contributed by atoms with E-state index in [2.05, 4.69) is 43.5 Å². The lowest BCUT2D eigenvalue weighted by Gasteiger charge is -2.47. The first kappa shape index (κ1) is 14.9. The van der Waals surface area contributed by atoms with Gasteiger partial charge in [0.1, 0.15) is 16.5 Å². The Kier molecular flexibility index (Phi) is 4.26. The van der Waals surface area contributed by atoms with E-state index in [0.29, 0.717) is 6.04 Å². The Morgan fingerprint density at radius 1 is 1.06 bits per heavy atom. The summed E-state index contributed by atoms with van der Waals surface area (Å²) in [4.78, 5) is 11.1. The molecule has 1 aliphatic carbocycles. The van der Waals surface area contributed by atoms with Crippen molar-refractivity contribution < 1.29 is 9.90 Å². The van der Waals surface area contributed by atoms with Gasteiger partial charge in [0.25, 0.3) is 0 Å². The van der Waals surface area contributed by atoms with Crippen LogP contribution in [0.2, 0.25) is 39.3 Å². The molecule has 0 heterocycles. The summed E-state index contributed by atoms with van der Waals surface area (Å²) in [5.41, 5.74) is 0. The van der Waals surface area contributed by atoms with Gasteiger partial charge in [-0.3, -0.25) is 4.79 Å². The summed E-state index contributed by atoms with van der Waals surface area (Å²) in [5, 5.41) is 9.12. The summed E-state index contributed by atoms with van der Waals surface area (Å²) >= 11 is 0. The Bertz CT molecular complexity index is 280. The minimum atomic E-state index is -1.35. The van der Waals surface area contributed by atoms with E-state index < -0.39 is 22.4 Å². The van der Waals surface area contributed by atoms with Gasteiger partial charge in [-0.2, -0.15) is 0 Å². The van der Waals surface area contributed by atoms with Crippen molar-refractivity contribution in [3.63, 3.8) is 0 Å². The first-order valence-corrected chi connectivity index (χ1v) is 13.4. The zero-order valence-electron chi connectivity index (χ0n) is 12.1. The van der Waals surface area contributed by atoms with Crippen molar-refractivity contribution in [2.45, 2.75) is 64.6 Å². The molecule has 100 valence electrons. The molecule has 1 N–H and O–H groups in total. The molecule has 1 saturated carbocycles. The van der Waals surface area contributed by atoms with Crippen molar-refractivity contribution in [2.75, 3.05) is 0 Å². The van der Waals surface area contributed by atoms with Crippen LogP contribution < -0.4 is 0 Å². The number of carbonyl (C=O) groups is 1. The predicted molar refractivity (Wildman–Crippen MR) is 77.3 cm³/mol. The molecule has 1 fully saturated rings. The van der Waals surface area contributed by atoms with E-state index in [-0.39, 0.29) is 5.92 Å². The van der Waals surface area contributed by atoms with E-state index in [1.54, 1.807) is 0 Å². The summed E-state index contributed by atoms with van der Waals surface area (Å²) < 4.78 is 2.77. The third kappa shape index (κ3) is 3.66. The summed E-state index contributed by atoms with van der Waals surface area (Å²) in [6.07, 6.45) is 2.81. The number of aliphatic carboxylic acids is 1. The molecule has 0 spiro atoms. The van der Waals surface area contributed by atoms with Crippen molar-refractivity contribution in [1.82, 2.24) is 4.23 Å². The number of carboxylic acids is 1. The largest absolute Gasteiger partial charge is 0.481 e. The maximum Gasteiger partial charge on any atom is 0.306 e.